The Balaban J connectivity index is 1.78. The molecule has 1 aromatic carbocycles. The number of halogens is 1. The Kier molecular flexibility index (Phi) is 3.15. The van der Waals surface area contributed by atoms with Crippen LogP contribution in [0.4, 0.5) is 5.82 Å². The van der Waals surface area contributed by atoms with Gasteiger partial charge >= 0.3 is 0 Å². The van der Waals surface area contributed by atoms with Gasteiger partial charge in [0.2, 0.25) is 0 Å². The number of aromatic nitrogens is 2. The van der Waals surface area contributed by atoms with Gasteiger partial charge in [-0.3, -0.25) is 0 Å². The lowest BCUT2D eigenvalue weighted by molar-refractivity contribution is 0.774. The van der Waals surface area contributed by atoms with Crippen LogP contribution < -0.4 is 4.90 Å². The fourth-order valence-electron chi connectivity index (χ4n) is 2.49. The van der Waals surface area contributed by atoms with Crippen LogP contribution in [0.15, 0.2) is 42.9 Å². The minimum atomic E-state index is 0.567. The Labute approximate surface area is 111 Å². The first-order valence-electron chi connectivity index (χ1n) is 6.10. The monoisotopic (exact) mass is 259 g/mol. The van der Waals surface area contributed by atoms with Crippen LogP contribution in [0.2, 0.25) is 5.02 Å². The minimum Gasteiger partial charge on any atom is -0.355 e. The van der Waals surface area contributed by atoms with Crippen molar-refractivity contribution in [3.63, 3.8) is 0 Å². The Morgan fingerprint density at radius 2 is 2.06 bits per heavy atom. The predicted molar refractivity (Wildman–Crippen MR) is 73.1 cm³/mol. The van der Waals surface area contributed by atoms with E-state index in [1.54, 1.807) is 12.5 Å². The molecule has 2 heterocycles. The van der Waals surface area contributed by atoms with E-state index in [-0.39, 0.29) is 0 Å². The molecular weight excluding hydrogens is 246 g/mol. The second-order valence-corrected chi connectivity index (χ2v) is 4.94. The number of hydrogen-bond acceptors (Lipinski definition) is 3. The third-order valence-electron chi connectivity index (χ3n) is 3.41. The average molecular weight is 260 g/mol. The summed E-state index contributed by atoms with van der Waals surface area (Å²) >= 11 is 6.13. The first-order chi connectivity index (χ1) is 8.84. The molecule has 0 saturated carbocycles. The third-order valence-corrected chi connectivity index (χ3v) is 3.67. The van der Waals surface area contributed by atoms with Gasteiger partial charge < -0.3 is 4.90 Å². The van der Waals surface area contributed by atoms with E-state index in [1.807, 2.05) is 0 Å². The largest absolute Gasteiger partial charge is 0.355 e. The van der Waals surface area contributed by atoms with E-state index >= 15 is 0 Å². The highest BCUT2D eigenvalue weighted by molar-refractivity contribution is 6.32. The Hall–Kier alpha value is -1.61. The van der Waals surface area contributed by atoms with E-state index in [1.165, 1.54) is 5.56 Å². The molecule has 1 saturated heterocycles. The molecule has 4 heteroatoms. The molecule has 1 atom stereocenters. The molecular formula is C14H14ClN3. The fourth-order valence-corrected chi connectivity index (χ4v) is 2.71. The molecule has 0 aliphatic carbocycles. The maximum absolute atomic E-state index is 6.13. The molecule has 0 N–H and O–H groups in total. The highest BCUT2D eigenvalue weighted by Gasteiger charge is 2.25. The summed E-state index contributed by atoms with van der Waals surface area (Å²) in [5, 5.41) is 0.631. The number of benzene rings is 1. The van der Waals surface area contributed by atoms with Gasteiger partial charge in [-0.25, -0.2) is 9.97 Å². The maximum atomic E-state index is 6.13. The van der Waals surface area contributed by atoms with Crippen molar-refractivity contribution in [2.45, 2.75) is 12.3 Å². The van der Waals surface area contributed by atoms with Crippen LogP contribution in [0.1, 0.15) is 17.9 Å². The molecule has 3 rings (SSSR count). The molecule has 92 valence electrons. The van der Waals surface area contributed by atoms with Gasteiger partial charge in [0.1, 0.15) is 11.3 Å². The van der Waals surface area contributed by atoms with Crippen molar-refractivity contribution in [3.05, 3.63) is 53.4 Å². The lowest BCUT2D eigenvalue weighted by atomic mass is 9.99. The van der Waals surface area contributed by atoms with Gasteiger partial charge in [0.15, 0.2) is 5.82 Å². The maximum Gasteiger partial charge on any atom is 0.150 e. The smallest absolute Gasteiger partial charge is 0.150 e. The summed E-state index contributed by atoms with van der Waals surface area (Å²) in [6.07, 6.45) is 4.35. The van der Waals surface area contributed by atoms with E-state index in [0.29, 0.717) is 10.9 Å². The highest BCUT2D eigenvalue weighted by atomic mass is 35.5. The van der Waals surface area contributed by atoms with Gasteiger partial charge in [-0.15, -0.1) is 0 Å². The van der Waals surface area contributed by atoms with E-state index in [2.05, 4.69) is 45.2 Å². The minimum absolute atomic E-state index is 0.567. The average Bonchev–Trinajstić information content (AvgIpc) is 2.90. The van der Waals surface area contributed by atoms with Crippen molar-refractivity contribution >= 4 is 17.4 Å². The molecule has 1 aromatic heterocycles. The summed E-state index contributed by atoms with van der Waals surface area (Å²) in [6, 6.07) is 10.6. The Bertz CT molecular complexity index is 530. The van der Waals surface area contributed by atoms with Crippen molar-refractivity contribution in [2.24, 2.45) is 0 Å². The Morgan fingerprint density at radius 3 is 2.83 bits per heavy atom. The zero-order valence-electron chi connectivity index (χ0n) is 9.96. The Morgan fingerprint density at radius 1 is 1.22 bits per heavy atom. The van der Waals surface area contributed by atoms with Gasteiger partial charge in [0, 0.05) is 19.0 Å². The summed E-state index contributed by atoms with van der Waals surface area (Å²) in [6.45, 7) is 1.97. The van der Waals surface area contributed by atoms with Crippen LogP contribution in [0, 0.1) is 0 Å². The molecule has 2 aromatic rings. The normalized spacial score (nSPS) is 19.2. The van der Waals surface area contributed by atoms with Crippen LogP contribution in [0.5, 0.6) is 0 Å². The molecule has 0 spiro atoms. The van der Waals surface area contributed by atoms with E-state index in [9.17, 15) is 0 Å². The molecule has 0 bridgehead atoms. The molecule has 18 heavy (non-hydrogen) atoms. The predicted octanol–water partition coefficient (Wildman–Crippen LogP) is 3.12. The van der Waals surface area contributed by atoms with Gasteiger partial charge in [0.05, 0.1) is 6.20 Å². The molecule has 1 unspecified atom stereocenters. The van der Waals surface area contributed by atoms with E-state index in [0.717, 1.165) is 25.3 Å². The van der Waals surface area contributed by atoms with Crippen LogP contribution in [-0.4, -0.2) is 23.1 Å². The summed E-state index contributed by atoms with van der Waals surface area (Å²) in [7, 11) is 0. The lowest BCUT2D eigenvalue weighted by Gasteiger charge is -2.18. The van der Waals surface area contributed by atoms with Gasteiger partial charge in [-0.1, -0.05) is 41.9 Å². The summed E-state index contributed by atoms with van der Waals surface area (Å²) < 4.78 is 0. The SMILES string of the molecule is Clc1cncnc1N1CCC(c2ccccc2)C1. The molecule has 1 aliphatic heterocycles. The quantitative estimate of drug-likeness (QED) is 0.830. The zero-order chi connectivity index (χ0) is 12.4. The zero-order valence-corrected chi connectivity index (χ0v) is 10.7. The van der Waals surface area contributed by atoms with Gasteiger partial charge in [-0.2, -0.15) is 0 Å². The van der Waals surface area contributed by atoms with Gasteiger partial charge in [0.25, 0.3) is 0 Å². The van der Waals surface area contributed by atoms with Crippen LogP contribution in [0.3, 0.4) is 0 Å². The second kappa shape index (κ2) is 4.94. The van der Waals surface area contributed by atoms with E-state index in [4.69, 9.17) is 11.6 Å². The molecule has 0 amide bonds. The first kappa shape index (κ1) is 11.5. The van der Waals surface area contributed by atoms with Crippen molar-refractivity contribution in [1.82, 2.24) is 9.97 Å². The molecule has 1 aliphatic rings. The summed E-state index contributed by atoms with van der Waals surface area (Å²) in [5.41, 5.74) is 1.39. The van der Waals surface area contributed by atoms with E-state index < -0.39 is 0 Å². The fraction of sp³-hybridized carbons (Fsp3) is 0.286. The number of rotatable bonds is 2. The first-order valence-corrected chi connectivity index (χ1v) is 6.48. The van der Waals surface area contributed by atoms with Crippen molar-refractivity contribution in [2.75, 3.05) is 18.0 Å². The summed E-state index contributed by atoms with van der Waals surface area (Å²) in [4.78, 5) is 10.4. The third kappa shape index (κ3) is 2.18. The number of anilines is 1. The highest BCUT2D eigenvalue weighted by Crippen LogP contribution is 2.32. The lowest BCUT2D eigenvalue weighted by Crippen LogP contribution is -2.20. The van der Waals surface area contributed by atoms with Crippen molar-refractivity contribution < 1.29 is 0 Å². The van der Waals surface area contributed by atoms with Crippen LogP contribution in [-0.2, 0) is 0 Å². The van der Waals surface area contributed by atoms with Gasteiger partial charge in [-0.05, 0) is 12.0 Å². The second-order valence-electron chi connectivity index (χ2n) is 4.54. The van der Waals surface area contributed by atoms with Crippen LogP contribution in [0.25, 0.3) is 0 Å². The van der Waals surface area contributed by atoms with Crippen molar-refractivity contribution in [1.29, 1.82) is 0 Å². The van der Waals surface area contributed by atoms with Crippen molar-refractivity contribution in [3.8, 4) is 0 Å². The number of hydrogen-bond donors (Lipinski definition) is 0. The van der Waals surface area contributed by atoms with Crippen LogP contribution >= 0.6 is 11.6 Å². The standard InChI is InChI=1S/C14H14ClN3/c15-13-8-16-10-17-14(13)18-7-6-12(9-18)11-4-2-1-3-5-11/h1-5,8,10,12H,6-7,9H2. The molecule has 3 nitrogen and oxygen atoms in total. The topological polar surface area (TPSA) is 29.0 Å². The molecule has 0 radical (unpaired) electrons. The number of nitrogens with zero attached hydrogens (tertiary/aromatic N) is 3. The summed E-state index contributed by atoms with van der Waals surface area (Å²) in [5.74, 6) is 1.42. The molecule has 1 fully saturated rings.